The van der Waals surface area contributed by atoms with Gasteiger partial charge in [-0.15, -0.1) is 12.6 Å². The van der Waals surface area contributed by atoms with Crippen molar-refractivity contribution >= 4 is 35.7 Å². The fourth-order valence-corrected chi connectivity index (χ4v) is 3.47. The summed E-state index contributed by atoms with van der Waals surface area (Å²) in [6, 6.07) is 14.8. The van der Waals surface area contributed by atoms with Gasteiger partial charge < -0.3 is 9.53 Å². The zero-order chi connectivity index (χ0) is 20.8. The van der Waals surface area contributed by atoms with Crippen molar-refractivity contribution in [3.05, 3.63) is 89.0 Å². The second-order valence-electron chi connectivity index (χ2n) is 6.66. The average molecular weight is 406 g/mol. The number of aldehydes is 1. The van der Waals surface area contributed by atoms with Crippen LogP contribution in [-0.4, -0.2) is 23.4 Å². The van der Waals surface area contributed by atoms with Crippen LogP contribution in [0.4, 0.5) is 0 Å². The summed E-state index contributed by atoms with van der Waals surface area (Å²) in [7, 11) is 0. The minimum atomic E-state index is -0.112. The van der Waals surface area contributed by atoms with Crippen LogP contribution in [0.3, 0.4) is 0 Å². The molecule has 0 aliphatic carbocycles. The molecule has 1 aromatic heterocycles. The molecule has 29 heavy (non-hydrogen) atoms. The number of nitrogens with zero attached hydrogens (tertiary/aromatic N) is 1. The highest BCUT2D eigenvalue weighted by atomic mass is 32.1. The number of rotatable bonds is 8. The van der Waals surface area contributed by atoms with Gasteiger partial charge in [0.15, 0.2) is 0 Å². The smallest absolute Gasteiger partial charge is 0.262 e. The summed E-state index contributed by atoms with van der Waals surface area (Å²) >= 11 is 4.34. The number of benzene rings is 2. The fourth-order valence-electron chi connectivity index (χ4n) is 3.28. The van der Waals surface area contributed by atoms with Crippen molar-refractivity contribution in [3.8, 4) is 5.75 Å². The van der Waals surface area contributed by atoms with Gasteiger partial charge in [-0.25, -0.2) is 0 Å². The monoisotopic (exact) mass is 405 g/mol. The molecule has 0 fully saturated rings. The molecule has 0 radical (unpaired) electrons. The Morgan fingerprint density at radius 3 is 2.66 bits per heavy atom. The number of fused-ring (bicyclic) bond motifs is 1. The van der Waals surface area contributed by atoms with E-state index in [1.165, 1.54) is 0 Å². The van der Waals surface area contributed by atoms with E-state index in [9.17, 15) is 9.59 Å². The predicted octanol–water partition coefficient (Wildman–Crippen LogP) is 5.15. The molecular weight excluding hydrogens is 382 g/mol. The van der Waals surface area contributed by atoms with Crippen molar-refractivity contribution in [2.24, 2.45) is 0 Å². The van der Waals surface area contributed by atoms with Gasteiger partial charge in [-0.2, -0.15) is 0 Å². The minimum absolute atomic E-state index is 0.112. The van der Waals surface area contributed by atoms with Gasteiger partial charge in [-0.05, 0) is 53.8 Å². The summed E-state index contributed by atoms with van der Waals surface area (Å²) in [5.74, 6) is 0.586. The first-order valence-electron chi connectivity index (χ1n) is 9.37. The van der Waals surface area contributed by atoms with E-state index in [-0.39, 0.29) is 5.91 Å². The molecule has 148 valence electrons. The number of aromatic nitrogens is 1. The first-order chi connectivity index (χ1) is 14.0. The summed E-state index contributed by atoms with van der Waals surface area (Å²) in [6.45, 7) is 6.03. The molecule has 0 spiro atoms. The number of ether oxygens (including phenoxy) is 1. The molecule has 3 aromatic rings. The normalized spacial score (nSPS) is 11.4. The Bertz CT molecular complexity index is 1080. The van der Waals surface area contributed by atoms with Gasteiger partial charge in [0.25, 0.3) is 5.91 Å². The Kier molecular flexibility index (Phi) is 6.73. The third-order valence-corrected chi connectivity index (χ3v) is 5.04. The molecule has 0 saturated carbocycles. The average Bonchev–Trinajstić information content (AvgIpc) is 3.05. The van der Waals surface area contributed by atoms with Gasteiger partial charge in [0.2, 0.25) is 0 Å². The minimum Gasteiger partial charge on any atom is -0.493 e. The number of carbonyl (C=O) groups is 2. The van der Waals surface area contributed by atoms with E-state index in [0.717, 1.165) is 33.4 Å². The Balaban J connectivity index is 1.80. The summed E-state index contributed by atoms with van der Waals surface area (Å²) in [5, 5.41) is 0.931. The lowest BCUT2D eigenvalue weighted by atomic mass is 10.1. The third-order valence-electron chi connectivity index (χ3n) is 4.67. The van der Waals surface area contributed by atoms with Crippen molar-refractivity contribution in [3.63, 3.8) is 0 Å². The van der Waals surface area contributed by atoms with Crippen LogP contribution in [0.15, 0.2) is 72.2 Å². The third kappa shape index (κ3) is 4.69. The van der Waals surface area contributed by atoms with Crippen LogP contribution in [0.1, 0.15) is 28.0 Å². The van der Waals surface area contributed by atoms with E-state index in [1.807, 2.05) is 37.3 Å². The van der Waals surface area contributed by atoms with Crippen LogP contribution in [0.2, 0.25) is 0 Å². The second kappa shape index (κ2) is 9.43. The SMILES string of the molecule is C=C/C=C(\S)CCOc1ccc(C(=O)n2c(C)cc3c(CC=O)cccc32)cc1. The zero-order valence-corrected chi connectivity index (χ0v) is 17.2. The fraction of sp³-hybridized carbons (Fsp3) is 0.167. The lowest BCUT2D eigenvalue weighted by Gasteiger charge is -2.09. The van der Waals surface area contributed by atoms with Crippen LogP contribution in [0.25, 0.3) is 10.9 Å². The lowest BCUT2D eigenvalue weighted by molar-refractivity contribution is -0.107. The molecular formula is C24H23NO3S. The molecule has 0 unspecified atom stereocenters. The Morgan fingerprint density at radius 2 is 1.97 bits per heavy atom. The van der Waals surface area contributed by atoms with E-state index in [0.29, 0.717) is 30.8 Å². The zero-order valence-electron chi connectivity index (χ0n) is 16.3. The molecule has 1 heterocycles. The van der Waals surface area contributed by atoms with E-state index in [4.69, 9.17) is 4.74 Å². The molecule has 4 nitrogen and oxygen atoms in total. The van der Waals surface area contributed by atoms with Crippen LogP contribution in [-0.2, 0) is 11.2 Å². The van der Waals surface area contributed by atoms with E-state index >= 15 is 0 Å². The highest BCUT2D eigenvalue weighted by Crippen LogP contribution is 2.25. The maximum absolute atomic E-state index is 13.1. The topological polar surface area (TPSA) is 48.3 Å². The summed E-state index contributed by atoms with van der Waals surface area (Å²) in [6.07, 6.45) is 5.42. The Hall–Kier alpha value is -3.05. The second-order valence-corrected chi connectivity index (χ2v) is 7.24. The summed E-state index contributed by atoms with van der Waals surface area (Å²) < 4.78 is 7.40. The number of aryl methyl sites for hydroxylation is 1. The molecule has 0 saturated heterocycles. The van der Waals surface area contributed by atoms with Crippen LogP contribution < -0.4 is 4.74 Å². The first-order valence-corrected chi connectivity index (χ1v) is 9.81. The van der Waals surface area contributed by atoms with Crippen molar-refractivity contribution < 1.29 is 14.3 Å². The van der Waals surface area contributed by atoms with Crippen LogP contribution >= 0.6 is 12.6 Å². The van der Waals surface area contributed by atoms with E-state index in [2.05, 4.69) is 19.2 Å². The van der Waals surface area contributed by atoms with Gasteiger partial charge in [-0.1, -0.05) is 30.9 Å². The first kappa shape index (κ1) is 20.7. The number of hydrogen-bond donors (Lipinski definition) is 1. The van der Waals surface area contributed by atoms with Crippen molar-refractivity contribution in [2.45, 2.75) is 19.8 Å². The van der Waals surface area contributed by atoms with Gasteiger partial charge in [0.05, 0.1) is 12.1 Å². The van der Waals surface area contributed by atoms with Crippen molar-refractivity contribution in [1.29, 1.82) is 0 Å². The molecule has 0 atom stereocenters. The molecule has 2 aromatic carbocycles. The summed E-state index contributed by atoms with van der Waals surface area (Å²) in [5.41, 5.74) is 3.13. The molecule has 5 heteroatoms. The molecule has 0 N–H and O–H groups in total. The number of allylic oxidation sites excluding steroid dienone is 2. The largest absolute Gasteiger partial charge is 0.493 e. The van der Waals surface area contributed by atoms with E-state index < -0.39 is 0 Å². The van der Waals surface area contributed by atoms with Crippen molar-refractivity contribution in [1.82, 2.24) is 4.57 Å². The van der Waals surface area contributed by atoms with Gasteiger partial charge in [0, 0.05) is 29.5 Å². The number of hydrogen-bond acceptors (Lipinski definition) is 4. The lowest BCUT2D eigenvalue weighted by Crippen LogP contribution is -2.13. The highest BCUT2D eigenvalue weighted by Gasteiger charge is 2.16. The highest BCUT2D eigenvalue weighted by molar-refractivity contribution is 7.84. The quantitative estimate of drug-likeness (QED) is 0.320. The Labute approximate surface area is 175 Å². The van der Waals surface area contributed by atoms with Gasteiger partial charge in [0.1, 0.15) is 12.0 Å². The van der Waals surface area contributed by atoms with Crippen molar-refractivity contribution in [2.75, 3.05) is 6.61 Å². The molecule has 3 rings (SSSR count). The van der Waals surface area contributed by atoms with Gasteiger partial charge in [-0.3, -0.25) is 9.36 Å². The number of thiol groups is 1. The van der Waals surface area contributed by atoms with Gasteiger partial charge >= 0.3 is 0 Å². The van der Waals surface area contributed by atoms with Crippen LogP contribution in [0, 0.1) is 6.92 Å². The summed E-state index contributed by atoms with van der Waals surface area (Å²) in [4.78, 5) is 25.0. The van der Waals surface area contributed by atoms with E-state index in [1.54, 1.807) is 34.9 Å². The standard InChI is InChI=1S/C24H23NO3S/c1-3-5-21(29)13-15-28-20-10-8-19(9-11-20)24(27)25-17(2)16-22-18(12-14-26)6-4-7-23(22)25/h3-11,14,16,29H,1,12-13,15H2,2H3/b21-5-. The molecule has 0 aliphatic rings. The number of carbonyl (C=O) groups excluding carboxylic acids is 2. The van der Waals surface area contributed by atoms with Crippen LogP contribution in [0.5, 0.6) is 5.75 Å². The molecule has 0 bridgehead atoms. The predicted molar refractivity (Wildman–Crippen MR) is 120 cm³/mol. The maximum Gasteiger partial charge on any atom is 0.262 e. The maximum atomic E-state index is 13.1. The molecule has 0 aliphatic heterocycles. The Morgan fingerprint density at radius 1 is 1.21 bits per heavy atom. The molecule has 0 amide bonds.